The van der Waals surface area contributed by atoms with Gasteiger partial charge < -0.3 is 14.8 Å². The largest absolute Gasteiger partial charge is 0.573 e. The van der Waals surface area contributed by atoms with Crippen LogP contribution in [0.3, 0.4) is 0 Å². The van der Waals surface area contributed by atoms with Crippen molar-refractivity contribution in [3.8, 4) is 28.7 Å². The van der Waals surface area contributed by atoms with Crippen LogP contribution in [0.4, 0.5) is 13.2 Å². The van der Waals surface area contributed by atoms with Gasteiger partial charge in [0.05, 0.1) is 4.47 Å². The van der Waals surface area contributed by atoms with Crippen LogP contribution in [0, 0.1) is 18.3 Å². The summed E-state index contributed by atoms with van der Waals surface area (Å²) in [7, 11) is 0. The Morgan fingerprint density at radius 2 is 1.96 bits per heavy atom. The molecule has 0 aliphatic heterocycles. The predicted octanol–water partition coefficient (Wildman–Crippen LogP) is 3.59. The summed E-state index contributed by atoms with van der Waals surface area (Å²) >= 11 is 2.92. The fourth-order valence-electron chi connectivity index (χ4n) is 1.98. The number of rotatable bonds is 2. The number of aromatic hydroxyl groups is 1. The summed E-state index contributed by atoms with van der Waals surface area (Å²) in [5.41, 5.74) is -0.798. The van der Waals surface area contributed by atoms with E-state index in [2.05, 4.69) is 25.7 Å². The van der Waals surface area contributed by atoms with Crippen molar-refractivity contribution >= 4 is 15.9 Å². The smallest absolute Gasteiger partial charge is 0.506 e. The number of benzene rings is 1. The van der Waals surface area contributed by atoms with Gasteiger partial charge in [-0.25, -0.2) is 0 Å². The Morgan fingerprint density at radius 1 is 1.30 bits per heavy atom. The third-order valence-corrected chi connectivity index (χ3v) is 3.44. The van der Waals surface area contributed by atoms with Crippen LogP contribution >= 0.6 is 15.9 Å². The molecule has 0 atom stereocenters. The van der Waals surface area contributed by atoms with Crippen molar-refractivity contribution in [2.45, 2.75) is 13.3 Å². The van der Waals surface area contributed by atoms with Crippen LogP contribution in [0.15, 0.2) is 27.5 Å². The van der Waals surface area contributed by atoms with Crippen molar-refractivity contribution in [2.24, 2.45) is 0 Å². The number of aryl methyl sites for hydroxylation is 1. The van der Waals surface area contributed by atoms with Gasteiger partial charge in [-0.2, -0.15) is 5.26 Å². The van der Waals surface area contributed by atoms with Crippen LogP contribution in [0.5, 0.6) is 11.5 Å². The number of aromatic amines is 1. The summed E-state index contributed by atoms with van der Waals surface area (Å²) in [5, 5.41) is 19.2. The highest BCUT2D eigenvalue weighted by Crippen LogP contribution is 2.41. The second-order valence-corrected chi connectivity index (χ2v) is 5.39. The van der Waals surface area contributed by atoms with Gasteiger partial charge in [0, 0.05) is 16.8 Å². The van der Waals surface area contributed by atoms with E-state index in [1.807, 2.05) is 0 Å². The fraction of sp³-hybridized carbons (Fsp3) is 0.143. The highest BCUT2D eigenvalue weighted by Gasteiger charge is 2.32. The molecule has 5 nitrogen and oxygen atoms in total. The van der Waals surface area contributed by atoms with Crippen LogP contribution < -0.4 is 10.3 Å². The van der Waals surface area contributed by atoms with Crippen molar-refractivity contribution in [1.29, 1.82) is 5.26 Å². The van der Waals surface area contributed by atoms with Gasteiger partial charge in [0.25, 0.3) is 5.56 Å². The van der Waals surface area contributed by atoms with E-state index in [9.17, 15) is 23.1 Å². The second kappa shape index (κ2) is 5.96. The Balaban J connectivity index is 2.74. The van der Waals surface area contributed by atoms with Crippen LogP contribution in [0.25, 0.3) is 11.1 Å². The maximum atomic E-state index is 12.4. The molecule has 0 amide bonds. The minimum Gasteiger partial charge on any atom is -0.506 e. The van der Waals surface area contributed by atoms with Gasteiger partial charge in [-0.15, -0.1) is 13.2 Å². The number of hydrogen-bond acceptors (Lipinski definition) is 4. The fourth-order valence-corrected chi connectivity index (χ4v) is 2.42. The first-order chi connectivity index (χ1) is 10.6. The molecule has 0 fully saturated rings. The van der Waals surface area contributed by atoms with E-state index in [1.165, 1.54) is 13.0 Å². The molecule has 23 heavy (non-hydrogen) atoms. The minimum absolute atomic E-state index is 0.000394. The molecule has 0 aliphatic rings. The van der Waals surface area contributed by atoms with Crippen molar-refractivity contribution in [2.75, 3.05) is 0 Å². The van der Waals surface area contributed by atoms with E-state index in [-0.39, 0.29) is 21.2 Å². The van der Waals surface area contributed by atoms with Gasteiger partial charge in [0.15, 0.2) is 0 Å². The summed E-state index contributed by atoms with van der Waals surface area (Å²) < 4.78 is 40.9. The van der Waals surface area contributed by atoms with Gasteiger partial charge >= 0.3 is 6.36 Å². The molecular weight excluding hydrogens is 381 g/mol. The molecule has 1 heterocycles. The number of ether oxygens (including phenoxy) is 1. The average Bonchev–Trinajstić information content (AvgIpc) is 2.40. The summed E-state index contributed by atoms with van der Waals surface area (Å²) in [6.45, 7) is 1.54. The first kappa shape index (κ1) is 16.9. The standard InChI is InChI=1S/C14H8BrF3N2O3/c1-6-2-8(10(5-19)13(22)20-6)9-3-7(23-14(16,17)18)4-11(15)12(9)21/h2-4,21H,1H3,(H,20,22). The maximum absolute atomic E-state index is 12.4. The van der Waals surface area contributed by atoms with E-state index < -0.39 is 23.4 Å². The van der Waals surface area contributed by atoms with E-state index in [0.717, 1.165) is 12.1 Å². The number of nitrogens with one attached hydrogen (secondary N) is 1. The number of nitrogens with zero attached hydrogens (tertiary/aromatic N) is 1. The van der Waals surface area contributed by atoms with E-state index in [4.69, 9.17) is 5.26 Å². The van der Waals surface area contributed by atoms with Crippen molar-refractivity contribution in [3.05, 3.63) is 44.3 Å². The molecule has 0 bridgehead atoms. The summed E-state index contributed by atoms with van der Waals surface area (Å²) in [5.74, 6) is -1.01. The van der Waals surface area contributed by atoms with Gasteiger partial charge in [-0.3, -0.25) is 4.79 Å². The van der Waals surface area contributed by atoms with Crippen molar-refractivity contribution in [3.63, 3.8) is 0 Å². The van der Waals surface area contributed by atoms with Crippen LogP contribution in [0.2, 0.25) is 0 Å². The third-order valence-electron chi connectivity index (χ3n) is 2.84. The number of alkyl halides is 3. The number of halogens is 4. The number of hydrogen-bond donors (Lipinski definition) is 2. The number of aromatic nitrogens is 1. The quantitative estimate of drug-likeness (QED) is 0.822. The lowest BCUT2D eigenvalue weighted by Gasteiger charge is -2.14. The summed E-state index contributed by atoms with van der Waals surface area (Å²) in [4.78, 5) is 14.2. The van der Waals surface area contributed by atoms with Crippen LogP contribution in [-0.4, -0.2) is 16.5 Å². The van der Waals surface area contributed by atoms with Crippen molar-refractivity contribution < 1.29 is 23.0 Å². The van der Waals surface area contributed by atoms with Gasteiger partial charge in [-0.05, 0) is 41.1 Å². The molecule has 0 radical (unpaired) electrons. The molecule has 2 aromatic rings. The van der Waals surface area contributed by atoms with Gasteiger partial charge in [0.1, 0.15) is 23.1 Å². The molecule has 2 rings (SSSR count). The zero-order chi connectivity index (χ0) is 17.4. The molecule has 0 aliphatic carbocycles. The predicted molar refractivity (Wildman–Crippen MR) is 78.0 cm³/mol. The highest BCUT2D eigenvalue weighted by atomic mass is 79.9. The molecule has 1 aromatic carbocycles. The third kappa shape index (κ3) is 3.65. The molecule has 0 unspecified atom stereocenters. The Bertz CT molecular complexity index is 869. The zero-order valence-electron chi connectivity index (χ0n) is 11.5. The zero-order valence-corrected chi connectivity index (χ0v) is 13.0. The molecular formula is C14H8BrF3N2O3. The average molecular weight is 389 g/mol. The van der Waals surface area contributed by atoms with E-state index >= 15 is 0 Å². The number of phenols is 1. The molecule has 0 saturated carbocycles. The van der Waals surface area contributed by atoms with Crippen LogP contribution in [-0.2, 0) is 0 Å². The number of nitriles is 1. The summed E-state index contributed by atoms with van der Waals surface area (Å²) in [6.07, 6.45) is -4.92. The highest BCUT2D eigenvalue weighted by molar-refractivity contribution is 9.10. The lowest BCUT2D eigenvalue weighted by Crippen LogP contribution is -2.17. The number of H-pyrrole nitrogens is 1. The first-order valence-corrected chi connectivity index (χ1v) is 6.84. The Kier molecular flexibility index (Phi) is 4.38. The second-order valence-electron chi connectivity index (χ2n) is 4.53. The first-order valence-electron chi connectivity index (χ1n) is 6.05. The monoisotopic (exact) mass is 388 g/mol. The maximum Gasteiger partial charge on any atom is 0.573 e. The molecule has 9 heteroatoms. The molecule has 0 spiro atoms. The molecule has 0 saturated heterocycles. The normalized spacial score (nSPS) is 11.1. The van der Waals surface area contributed by atoms with Crippen molar-refractivity contribution in [1.82, 2.24) is 4.98 Å². The number of pyridine rings is 1. The minimum atomic E-state index is -4.92. The molecule has 120 valence electrons. The Labute approximate surface area is 136 Å². The Hall–Kier alpha value is -2.47. The molecule has 2 N–H and O–H groups in total. The van der Waals surface area contributed by atoms with Crippen LogP contribution in [0.1, 0.15) is 11.3 Å². The van der Waals surface area contributed by atoms with E-state index in [1.54, 1.807) is 6.07 Å². The van der Waals surface area contributed by atoms with Gasteiger partial charge in [0.2, 0.25) is 0 Å². The lowest BCUT2D eigenvalue weighted by atomic mass is 10.00. The van der Waals surface area contributed by atoms with Gasteiger partial charge in [-0.1, -0.05) is 0 Å². The number of phenolic OH excluding ortho intramolecular Hbond substituents is 1. The molecule has 1 aromatic heterocycles. The summed E-state index contributed by atoms with van der Waals surface area (Å²) in [6, 6.07) is 4.88. The SMILES string of the molecule is Cc1cc(-c2cc(OC(F)(F)F)cc(Br)c2O)c(C#N)c(=O)[nH]1. The topological polar surface area (TPSA) is 86.1 Å². The van der Waals surface area contributed by atoms with E-state index in [0.29, 0.717) is 5.69 Å². The Morgan fingerprint density at radius 3 is 2.52 bits per heavy atom. The lowest BCUT2D eigenvalue weighted by molar-refractivity contribution is -0.274.